The highest BCUT2D eigenvalue weighted by Gasteiger charge is 2.30. The third kappa shape index (κ3) is 3.38. The van der Waals surface area contributed by atoms with E-state index in [1.807, 2.05) is 42.1 Å². The Morgan fingerprint density at radius 3 is 2.36 bits per heavy atom. The van der Waals surface area contributed by atoms with E-state index in [1.165, 1.54) is 12.1 Å². The first-order chi connectivity index (χ1) is 11.8. The van der Waals surface area contributed by atoms with Gasteiger partial charge in [-0.25, -0.2) is 0 Å². The van der Waals surface area contributed by atoms with E-state index in [4.69, 9.17) is 5.73 Å². The summed E-state index contributed by atoms with van der Waals surface area (Å²) in [6, 6.07) is 12.6. The number of amides is 1. The smallest absolute Gasteiger partial charge is 0.370 e. The van der Waals surface area contributed by atoms with Gasteiger partial charge in [0.1, 0.15) is 0 Å². The number of rotatable bonds is 4. The molecule has 1 aromatic heterocycles. The second-order valence-corrected chi connectivity index (χ2v) is 6.06. The molecule has 0 saturated carbocycles. The third-order valence-electron chi connectivity index (χ3n) is 4.35. The fourth-order valence-electron chi connectivity index (χ4n) is 3.16. The van der Waals surface area contributed by atoms with Gasteiger partial charge in [-0.1, -0.05) is 30.3 Å². The predicted molar refractivity (Wildman–Crippen MR) is 90.0 cm³/mol. The molecule has 0 fully saturated rings. The maximum atomic E-state index is 12.8. The zero-order valence-corrected chi connectivity index (χ0v) is 13.5. The third-order valence-corrected chi connectivity index (χ3v) is 4.35. The summed E-state index contributed by atoms with van der Waals surface area (Å²) in [5, 5.41) is 0.955. The number of hydrogen-bond acceptors (Lipinski definition) is 1. The van der Waals surface area contributed by atoms with E-state index < -0.39 is 23.6 Å². The Morgan fingerprint density at radius 2 is 1.76 bits per heavy atom. The van der Waals surface area contributed by atoms with E-state index in [9.17, 15) is 18.0 Å². The van der Waals surface area contributed by atoms with Gasteiger partial charge in [0.15, 0.2) is 0 Å². The summed E-state index contributed by atoms with van der Waals surface area (Å²) in [4.78, 5) is 11.6. The monoisotopic (exact) mass is 346 g/mol. The second kappa shape index (κ2) is 6.27. The van der Waals surface area contributed by atoms with E-state index in [0.29, 0.717) is 5.56 Å². The minimum absolute atomic E-state index is 0.0272. The van der Waals surface area contributed by atoms with Crippen molar-refractivity contribution in [3.8, 4) is 0 Å². The van der Waals surface area contributed by atoms with Crippen LogP contribution in [0.25, 0.3) is 10.9 Å². The van der Waals surface area contributed by atoms with Crippen LogP contribution in [0.5, 0.6) is 0 Å². The van der Waals surface area contributed by atoms with E-state index in [-0.39, 0.29) is 6.42 Å². The number of para-hydroxylation sites is 1. The number of halogens is 3. The van der Waals surface area contributed by atoms with Crippen LogP contribution in [0.1, 0.15) is 29.0 Å². The summed E-state index contributed by atoms with van der Waals surface area (Å²) < 4.78 is 40.3. The summed E-state index contributed by atoms with van der Waals surface area (Å²) in [6.07, 6.45) is -2.47. The largest absolute Gasteiger partial charge is 0.416 e. The molecular formula is C19H17F3N2O. The fourth-order valence-corrected chi connectivity index (χ4v) is 3.16. The van der Waals surface area contributed by atoms with Gasteiger partial charge in [0.25, 0.3) is 0 Å². The molecule has 0 saturated heterocycles. The molecule has 6 heteroatoms. The van der Waals surface area contributed by atoms with Crippen LogP contribution in [-0.4, -0.2) is 10.5 Å². The Balaban J connectivity index is 2.10. The molecule has 130 valence electrons. The molecule has 25 heavy (non-hydrogen) atoms. The number of aromatic nitrogens is 1. The summed E-state index contributed by atoms with van der Waals surface area (Å²) in [7, 11) is 1.89. The number of hydrogen-bond donors (Lipinski definition) is 1. The summed E-state index contributed by atoms with van der Waals surface area (Å²) in [5.74, 6) is -0.899. The topological polar surface area (TPSA) is 48.0 Å². The molecule has 0 spiro atoms. The van der Waals surface area contributed by atoms with Crippen molar-refractivity contribution >= 4 is 16.8 Å². The maximum absolute atomic E-state index is 12.8. The van der Waals surface area contributed by atoms with Crippen LogP contribution in [-0.2, 0) is 18.0 Å². The predicted octanol–water partition coefficient (Wildman–Crippen LogP) is 4.20. The lowest BCUT2D eigenvalue weighted by atomic mass is 9.87. The van der Waals surface area contributed by atoms with Gasteiger partial charge in [-0.05, 0) is 29.3 Å². The summed E-state index contributed by atoms with van der Waals surface area (Å²) in [5.41, 5.74) is 7.16. The number of fused-ring (bicyclic) bond motifs is 1. The van der Waals surface area contributed by atoms with Crippen LogP contribution in [0.3, 0.4) is 0 Å². The molecule has 0 bridgehead atoms. The average Bonchev–Trinajstić information content (AvgIpc) is 2.89. The van der Waals surface area contributed by atoms with Gasteiger partial charge in [-0.2, -0.15) is 13.2 Å². The second-order valence-electron chi connectivity index (χ2n) is 6.06. The van der Waals surface area contributed by atoms with Crippen molar-refractivity contribution in [2.24, 2.45) is 12.8 Å². The standard InChI is InChI=1S/C19H17F3N2O/c1-24-11-16(14-4-2-3-5-17(14)24)15(10-18(23)25)12-6-8-13(9-7-12)19(20,21)22/h2-9,11,15H,10H2,1H3,(H2,23,25)/t15-/m1/s1. The van der Waals surface area contributed by atoms with Crippen LogP contribution >= 0.6 is 0 Å². The summed E-state index contributed by atoms with van der Waals surface area (Å²) in [6.45, 7) is 0. The number of carbonyl (C=O) groups excluding carboxylic acids is 1. The van der Waals surface area contributed by atoms with Gasteiger partial charge in [0.2, 0.25) is 5.91 Å². The van der Waals surface area contributed by atoms with E-state index in [1.54, 1.807) is 0 Å². The number of nitrogens with zero attached hydrogens (tertiary/aromatic N) is 1. The van der Waals surface area contributed by atoms with Gasteiger partial charge in [0.05, 0.1) is 5.56 Å². The molecule has 1 atom stereocenters. The van der Waals surface area contributed by atoms with Crippen LogP contribution in [0.2, 0.25) is 0 Å². The highest BCUT2D eigenvalue weighted by atomic mass is 19.4. The van der Waals surface area contributed by atoms with Crippen LogP contribution in [0, 0.1) is 0 Å². The fraction of sp³-hybridized carbons (Fsp3) is 0.211. The molecule has 3 nitrogen and oxygen atoms in total. The molecule has 1 amide bonds. The van der Waals surface area contributed by atoms with E-state index in [2.05, 4.69) is 0 Å². The zero-order valence-electron chi connectivity index (χ0n) is 13.5. The molecule has 0 unspecified atom stereocenters. The first kappa shape index (κ1) is 17.1. The van der Waals surface area contributed by atoms with Crippen LogP contribution in [0.4, 0.5) is 13.2 Å². The number of benzene rings is 2. The minimum atomic E-state index is -4.39. The molecule has 3 rings (SSSR count). The number of carbonyl (C=O) groups is 1. The van der Waals surface area contributed by atoms with E-state index in [0.717, 1.165) is 28.6 Å². The number of alkyl halides is 3. The normalized spacial score (nSPS) is 13.1. The van der Waals surface area contributed by atoms with Gasteiger partial charge in [-0.15, -0.1) is 0 Å². The number of aryl methyl sites for hydroxylation is 1. The molecular weight excluding hydrogens is 329 g/mol. The van der Waals surface area contributed by atoms with Crippen LogP contribution in [0.15, 0.2) is 54.7 Å². The Kier molecular flexibility index (Phi) is 4.29. The lowest BCUT2D eigenvalue weighted by Gasteiger charge is -2.17. The quantitative estimate of drug-likeness (QED) is 0.756. The zero-order chi connectivity index (χ0) is 18.2. The molecule has 0 aliphatic rings. The Bertz CT molecular complexity index is 911. The SMILES string of the molecule is Cn1cc([C@H](CC(N)=O)c2ccc(C(F)(F)F)cc2)c2ccccc21. The van der Waals surface area contributed by atoms with Crippen molar-refractivity contribution in [1.29, 1.82) is 0 Å². The van der Waals surface area contributed by atoms with E-state index >= 15 is 0 Å². The molecule has 2 aromatic carbocycles. The van der Waals surface area contributed by atoms with Crippen molar-refractivity contribution in [3.63, 3.8) is 0 Å². The first-order valence-electron chi connectivity index (χ1n) is 7.77. The molecule has 0 radical (unpaired) electrons. The van der Waals surface area contributed by atoms with Crippen molar-refractivity contribution in [2.45, 2.75) is 18.5 Å². The average molecular weight is 346 g/mol. The first-order valence-corrected chi connectivity index (χ1v) is 7.77. The number of nitrogens with two attached hydrogens (primary N) is 1. The highest BCUT2D eigenvalue weighted by molar-refractivity contribution is 5.86. The molecule has 2 N–H and O–H groups in total. The van der Waals surface area contributed by atoms with Crippen molar-refractivity contribution in [1.82, 2.24) is 4.57 Å². The maximum Gasteiger partial charge on any atom is 0.416 e. The van der Waals surface area contributed by atoms with Gasteiger partial charge in [0, 0.05) is 36.5 Å². The van der Waals surface area contributed by atoms with Crippen molar-refractivity contribution < 1.29 is 18.0 Å². The van der Waals surface area contributed by atoms with Gasteiger partial charge < -0.3 is 10.3 Å². The Morgan fingerprint density at radius 1 is 1.12 bits per heavy atom. The van der Waals surface area contributed by atoms with Gasteiger partial charge in [-0.3, -0.25) is 4.79 Å². The lowest BCUT2D eigenvalue weighted by molar-refractivity contribution is -0.137. The highest BCUT2D eigenvalue weighted by Crippen LogP contribution is 2.36. The Hall–Kier alpha value is -2.76. The summed E-state index contributed by atoms with van der Waals surface area (Å²) >= 11 is 0. The molecule has 0 aliphatic heterocycles. The Labute approximate surface area is 142 Å². The van der Waals surface area contributed by atoms with Gasteiger partial charge >= 0.3 is 6.18 Å². The molecule has 3 aromatic rings. The lowest BCUT2D eigenvalue weighted by Crippen LogP contribution is -2.16. The molecule has 0 aliphatic carbocycles. The molecule has 1 heterocycles. The minimum Gasteiger partial charge on any atom is -0.370 e. The van der Waals surface area contributed by atoms with Crippen molar-refractivity contribution in [3.05, 3.63) is 71.4 Å². The van der Waals surface area contributed by atoms with Crippen LogP contribution < -0.4 is 5.73 Å². The van der Waals surface area contributed by atoms with Crippen molar-refractivity contribution in [2.75, 3.05) is 0 Å². The number of primary amides is 1.